The van der Waals surface area contributed by atoms with Gasteiger partial charge in [-0.1, -0.05) is 45.7 Å². The van der Waals surface area contributed by atoms with E-state index in [9.17, 15) is 4.79 Å². The van der Waals surface area contributed by atoms with Gasteiger partial charge in [0.2, 0.25) is 0 Å². The van der Waals surface area contributed by atoms with E-state index in [0.29, 0.717) is 5.69 Å². The normalized spacial score (nSPS) is 12.2. The quantitative estimate of drug-likeness (QED) is 0.823. The summed E-state index contributed by atoms with van der Waals surface area (Å²) in [4.78, 5) is 11.8. The lowest BCUT2D eigenvalue weighted by Crippen LogP contribution is -2.32. The van der Waals surface area contributed by atoms with Gasteiger partial charge in [0, 0.05) is 19.3 Å². The Kier molecular flexibility index (Phi) is 7.43. The Morgan fingerprint density at radius 2 is 2.06 bits per heavy atom. The molecular formula is C13H23N3OS. The molecule has 102 valence electrons. The van der Waals surface area contributed by atoms with E-state index in [0.717, 1.165) is 17.0 Å². The maximum atomic E-state index is 11.8. The van der Waals surface area contributed by atoms with E-state index in [-0.39, 0.29) is 5.91 Å². The Hall–Kier alpha value is -1.23. The zero-order valence-electron chi connectivity index (χ0n) is 12.1. The van der Waals surface area contributed by atoms with Crippen molar-refractivity contribution >= 4 is 30.9 Å². The summed E-state index contributed by atoms with van der Waals surface area (Å²) < 4.78 is 2.97. The van der Waals surface area contributed by atoms with Crippen molar-refractivity contribution in [2.24, 2.45) is 7.05 Å². The first-order valence-corrected chi connectivity index (χ1v) is 6.59. The number of hydrogen-bond donors (Lipinski definition) is 1. The molecule has 0 saturated carbocycles. The van der Waals surface area contributed by atoms with Crippen LogP contribution in [-0.2, 0) is 7.05 Å². The van der Waals surface area contributed by atoms with Crippen molar-refractivity contribution in [3.05, 3.63) is 16.3 Å². The number of thiol groups is 1. The van der Waals surface area contributed by atoms with E-state index in [1.165, 1.54) is 4.31 Å². The second kappa shape index (κ2) is 7.97. The van der Waals surface area contributed by atoms with Gasteiger partial charge in [-0.15, -0.1) is 0 Å². The minimum absolute atomic E-state index is 0.192. The SMILES string of the molecule is C/C=c1/c(C(=O)N(C)S)nn(C)/c1=C/CC.CC. The van der Waals surface area contributed by atoms with Crippen molar-refractivity contribution in [1.29, 1.82) is 0 Å². The predicted molar refractivity (Wildman–Crippen MR) is 79.8 cm³/mol. The first-order chi connectivity index (χ1) is 8.52. The Balaban J connectivity index is 0.00000137. The number of rotatable bonds is 2. The van der Waals surface area contributed by atoms with Crippen LogP contribution in [0.1, 0.15) is 44.6 Å². The smallest absolute Gasteiger partial charge is 0.284 e. The number of carbonyl (C=O) groups is 1. The molecular weight excluding hydrogens is 246 g/mol. The van der Waals surface area contributed by atoms with Gasteiger partial charge < -0.3 is 0 Å². The molecule has 0 aliphatic carbocycles. The monoisotopic (exact) mass is 269 g/mol. The third-order valence-corrected chi connectivity index (χ3v) is 2.49. The van der Waals surface area contributed by atoms with Crippen molar-refractivity contribution in [1.82, 2.24) is 14.1 Å². The standard InChI is InChI=1S/C11H17N3OS.C2H6/c1-5-7-9-8(6-2)10(12-13(9)3)11(15)14(4)16;1-2/h6-7,16H,5H2,1-4H3;1-2H3/b8-6+,9-7+;. The molecule has 0 bridgehead atoms. The Labute approximate surface area is 115 Å². The fourth-order valence-electron chi connectivity index (χ4n) is 1.58. The van der Waals surface area contributed by atoms with E-state index in [1.54, 1.807) is 11.7 Å². The average Bonchev–Trinajstić information content (AvgIpc) is 2.68. The first-order valence-electron chi connectivity index (χ1n) is 6.19. The van der Waals surface area contributed by atoms with Gasteiger partial charge in [0.1, 0.15) is 0 Å². The van der Waals surface area contributed by atoms with Crippen molar-refractivity contribution in [2.45, 2.75) is 34.1 Å². The molecule has 0 aromatic carbocycles. The molecule has 0 unspecified atom stereocenters. The van der Waals surface area contributed by atoms with Crippen LogP contribution in [0.15, 0.2) is 0 Å². The van der Waals surface area contributed by atoms with Crippen LogP contribution in [-0.4, -0.2) is 27.0 Å². The minimum atomic E-state index is -0.192. The summed E-state index contributed by atoms with van der Waals surface area (Å²) in [6.45, 7) is 7.96. The first kappa shape index (κ1) is 16.8. The topological polar surface area (TPSA) is 38.1 Å². The van der Waals surface area contributed by atoms with Gasteiger partial charge in [-0.05, 0) is 13.3 Å². The highest BCUT2D eigenvalue weighted by molar-refractivity contribution is 7.78. The van der Waals surface area contributed by atoms with Gasteiger partial charge >= 0.3 is 0 Å². The highest BCUT2D eigenvalue weighted by Crippen LogP contribution is 1.95. The summed E-state index contributed by atoms with van der Waals surface area (Å²) in [5.41, 5.74) is 0.446. The van der Waals surface area contributed by atoms with Crippen LogP contribution in [0, 0.1) is 0 Å². The van der Waals surface area contributed by atoms with Crippen molar-refractivity contribution < 1.29 is 4.79 Å². The molecule has 0 saturated heterocycles. The van der Waals surface area contributed by atoms with Crippen LogP contribution < -0.4 is 10.6 Å². The highest BCUT2D eigenvalue weighted by Gasteiger charge is 2.15. The molecule has 5 heteroatoms. The lowest BCUT2D eigenvalue weighted by atomic mass is 10.2. The summed E-state index contributed by atoms with van der Waals surface area (Å²) in [7, 11) is 3.44. The molecule has 1 aromatic rings. The van der Waals surface area contributed by atoms with Crippen LogP contribution in [0.3, 0.4) is 0 Å². The van der Waals surface area contributed by atoms with Gasteiger partial charge in [0.15, 0.2) is 5.69 Å². The molecule has 0 aliphatic heterocycles. The average molecular weight is 269 g/mol. The van der Waals surface area contributed by atoms with Crippen LogP contribution in [0.2, 0.25) is 0 Å². The lowest BCUT2D eigenvalue weighted by molar-refractivity contribution is 0.0886. The van der Waals surface area contributed by atoms with Crippen LogP contribution in [0.5, 0.6) is 0 Å². The van der Waals surface area contributed by atoms with Crippen LogP contribution >= 0.6 is 12.8 Å². The summed E-state index contributed by atoms with van der Waals surface area (Å²) >= 11 is 4.00. The number of amides is 1. The molecule has 4 nitrogen and oxygen atoms in total. The second-order valence-corrected chi connectivity index (χ2v) is 4.10. The fraction of sp³-hybridized carbons (Fsp3) is 0.538. The number of aromatic nitrogens is 2. The van der Waals surface area contributed by atoms with Crippen LogP contribution in [0.25, 0.3) is 12.2 Å². The summed E-state index contributed by atoms with van der Waals surface area (Å²) in [6, 6.07) is 0. The molecule has 0 atom stereocenters. The van der Waals surface area contributed by atoms with Gasteiger partial charge in [0.05, 0.1) is 5.35 Å². The highest BCUT2D eigenvalue weighted by atomic mass is 32.1. The van der Waals surface area contributed by atoms with Crippen molar-refractivity contribution in [3.63, 3.8) is 0 Å². The van der Waals surface area contributed by atoms with Gasteiger partial charge in [0.25, 0.3) is 5.91 Å². The molecule has 0 radical (unpaired) electrons. The fourth-order valence-corrected chi connectivity index (χ4v) is 1.68. The lowest BCUT2D eigenvalue weighted by Gasteiger charge is -2.05. The summed E-state index contributed by atoms with van der Waals surface area (Å²) in [5, 5.41) is 6.08. The van der Waals surface area contributed by atoms with E-state index in [1.807, 2.05) is 33.9 Å². The molecule has 0 fully saturated rings. The number of nitrogens with zero attached hydrogens (tertiary/aromatic N) is 3. The summed E-state index contributed by atoms with van der Waals surface area (Å²) in [6.07, 6.45) is 4.86. The Morgan fingerprint density at radius 3 is 2.44 bits per heavy atom. The van der Waals surface area contributed by atoms with Crippen molar-refractivity contribution in [3.8, 4) is 0 Å². The Bertz CT molecular complexity index is 503. The third-order valence-electron chi connectivity index (χ3n) is 2.31. The van der Waals surface area contributed by atoms with E-state index in [4.69, 9.17) is 0 Å². The summed E-state index contributed by atoms with van der Waals surface area (Å²) in [5.74, 6) is -0.192. The number of aryl methyl sites for hydroxylation is 1. The predicted octanol–water partition coefficient (Wildman–Crippen LogP) is 1.35. The number of carbonyl (C=O) groups excluding carboxylic acids is 1. The van der Waals surface area contributed by atoms with E-state index in [2.05, 4.69) is 30.9 Å². The van der Waals surface area contributed by atoms with Gasteiger partial charge in [-0.2, -0.15) is 5.10 Å². The van der Waals surface area contributed by atoms with Gasteiger partial charge in [-0.3, -0.25) is 13.8 Å². The van der Waals surface area contributed by atoms with E-state index >= 15 is 0 Å². The molecule has 1 heterocycles. The Morgan fingerprint density at radius 1 is 1.50 bits per heavy atom. The maximum absolute atomic E-state index is 11.8. The molecule has 1 amide bonds. The maximum Gasteiger partial charge on any atom is 0.284 e. The largest absolute Gasteiger partial charge is 0.287 e. The minimum Gasteiger partial charge on any atom is -0.287 e. The molecule has 1 aromatic heterocycles. The number of hydrogen-bond acceptors (Lipinski definition) is 3. The molecule has 1 rings (SSSR count). The van der Waals surface area contributed by atoms with Crippen LogP contribution in [0.4, 0.5) is 0 Å². The van der Waals surface area contributed by atoms with Crippen molar-refractivity contribution in [2.75, 3.05) is 7.05 Å². The zero-order valence-corrected chi connectivity index (χ0v) is 13.0. The second-order valence-electron chi connectivity index (χ2n) is 3.50. The zero-order chi connectivity index (χ0) is 14.3. The van der Waals surface area contributed by atoms with E-state index < -0.39 is 0 Å². The molecule has 18 heavy (non-hydrogen) atoms. The molecule has 0 aliphatic rings. The molecule has 0 spiro atoms. The molecule has 0 N–H and O–H groups in total. The van der Waals surface area contributed by atoms with Gasteiger partial charge in [-0.25, -0.2) is 0 Å². The third kappa shape index (κ3) is 3.63.